The summed E-state index contributed by atoms with van der Waals surface area (Å²) in [4.78, 5) is 49.2. The molecule has 12 nitrogen and oxygen atoms in total. The number of aliphatic carboxylic acids is 2. The molecule has 1 amide bonds. The monoisotopic (exact) mass is 699 g/mol. The fourth-order valence-corrected chi connectivity index (χ4v) is 4.68. The number of halogens is 4. The van der Waals surface area contributed by atoms with Crippen LogP contribution in [0.4, 0.5) is 17.6 Å². The van der Waals surface area contributed by atoms with Gasteiger partial charge in [-0.25, -0.2) is 14.0 Å². The van der Waals surface area contributed by atoms with Crippen LogP contribution in [0.25, 0.3) is 0 Å². The van der Waals surface area contributed by atoms with E-state index in [1.54, 1.807) is 39.1 Å². The number of amides is 1. The van der Waals surface area contributed by atoms with E-state index >= 15 is 4.39 Å². The molecule has 3 rings (SSSR count). The number of ketones is 1. The van der Waals surface area contributed by atoms with Crippen LogP contribution < -0.4 is 14.2 Å². The van der Waals surface area contributed by atoms with Gasteiger partial charge in [0.15, 0.2) is 29.2 Å². The lowest BCUT2D eigenvalue weighted by Crippen LogP contribution is -2.31. The molecule has 0 saturated carbocycles. The van der Waals surface area contributed by atoms with E-state index in [0.29, 0.717) is 34.6 Å². The van der Waals surface area contributed by atoms with Gasteiger partial charge in [0.2, 0.25) is 5.91 Å². The molecule has 2 aromatic rings. The number of Topliss-reactive ketones (excluding diaryl/α,β-unsaturated/α-hetero) is 1. The van der Waals surface area contributed by atoms with E-state index in [2.05, 4.69) is 0 Å². The van der Waals surface area contributed by atoms with Crippen molar-refractivity contribution in [1.29, 1.82) is 5.41 Å². The Bertz CT molecular complexity index is 1600. The Morgan fingerprint density at radius 3 is 2.06 bits per heavy atom. The number of amidine groups is 1. The first kappa shape index (κ1) is 40.3. The fourth-order valence-electron chi connectivity index (χ4n) is 4.68. The van der Waals surface area contributed by atoms with Gasteiger partial charge in [0, 0.05) is 43.8 Å². The molecule has 16 heteroatoms. The lowest BCUT2D eigenvalue weighted by atomic mass is 9.83. The first-order valence-electron chi connectivity index (χ1n) is 15.1. The van der Waals surface area contributed by atoms with Gasteiger partial charge in [0.1, 0.15) is 11.6 Å². The second-order valence-electron chi connectivity index (χ2n) is 12.1. The van der Waals surface area contributed by atoms with Gasteiger partial charge < -0.3 is 34.2 Å². The van der Waals surface area contributed by atoms with Gasteiger partial charge in [-0.3, -0.25) is 15.0 Å². The highest BCUT2D eigenvalue weighted by Crippen LogP contribution is 2.40. The number of rotatable bonds is 12. The molecule has 1 unspecified atom stereocenters. The smallest absolute Gasteiger partial charge is 0.490 e. The van der Waals surface area contributed by atoms with Gasteiger partial charge in [0.25, 0.3) is 0 Å². The summed E-state index contributed by atoms with van der Waals surface area (Å²) in [5, 5.41) is 25.3. The third kappa shape index (κ3) is 10.1. The summed E-state index contributed by atoms with van der Waals surface area (Å²) in [5.41, 5.74) is 1.41. The average Bonchev–Trinajstić information content (AvgIpc) is 3.29. The second kappa shape index (κ2) is 16.0. The molecule has 0 saturated heterocycles. The zero-order valence-corrected chi connectivity index (χ0v) is 28.5. The first-order chi connectivity index (χ1) is 22.5. The van der Waals surface area contributed by atoms with Gasteiger partial charge >= 0.3 is 18.1 Å². The quantitative estimate of drug-likeness (QED) is 0.193. The van der Waals surface area contributed by atoms with Crippen LogP contribution in [0.2, 0.25) is 0 Å². The van der Waals surface area contributed by atoms with Crippen molar-refractivity contribution in [2.75, 3.05) is 26.8 Å². The molecule has 1 heterocycles. The van der Waals surface area contributed by atoms with Crippen molar-refractivity contribution < 1.29 is 61.2 Å². The number of nitrogens with one attached hydrogen (secondary N) is 1. The molecule has 3 N–H and O–H groups in total. The summed E-state index contributed by atoms with van der Waals surface area (Å²) < 4.78 is 64.2. The highest BCUT2D eigenvalue weighted by molar-refractivity contribution is 6.06. The van der Waals surface area contributed by atoms with Crippen molar-refractivity contribution in [2.45, 2.75) is 79.3 Å². The van der Waals surface area contributed by atoms with E-state index in [0.717, 1.165) is 0 Å². The molecule has 49 heavy (non-hydrogen) atoms. The molecule has 0 radical (unpaired) electrons. The Morgan fingerprint density at radius 2 is 1.59 bits per heavy atom. The van der Waals surface area contributed by atoms with E-state index in [9.17, 15) is 32.7 Å². The number of benzene rings is 2. The normalized spacial score (nSPS) is 13.1. The number of nitrogens with zero attached hydrogens (tertiary/aromatic N) is 2. The molecule has 1 aliphatic heterocycles. The topological polar surface area (TPSA) is 167 Å². The van der Waals surface area contributed by atoms with Crippen molar-refractivity contribution in [3.8, 4) is 17.2 Å². The minimum atomic E-state index is -5.08. The number of hydrogen-bond donors (Lipinski definition) is 3. The molecule has 0 fully saturated rings. The summed E-state index contributed by atoms with van der Waals surface area (Å²) in [7, 11) is 1.60. The van der Waals surface area contributed by atoms with Gasteiger partial charge in [-0.15, -0.1) is 0 Å². The van der Waals surface area contributed by atoms with Crippen molar-refractivity contribution in [3.63, 3.8) is 0 Å². The molecular weight excluding hydrogens is 658 g/mol. The van der Waals surface area contributed by atoms with Crippen LogP contribution in [0.3, 0.4) is 0 Å². The first-order valence-corrected chi connectivity index (χ1v) is 15.1. The standard InChI is InChI=1S/C31H40FN3O7.C2HF3O2/c1-9-40-24-13-20-15-35(29(33)25(20)26(32)28(24)41-10-2)16-23(37)19-11-21(14-34(8)18(4)36)27(42-17(3)30(38)39)22(12-19)31(5,6)7;3-2(4,5)1(6)7/h11-13,17,33H,9-10,14-16H2,1-8H3,(H,38,39);(H,6,7). The zero-order chi connectivity index (χ0) is 37.6. The Kier molecular flexibility index (Phi) is 13.2. The Hall–Kier alpha value is -4.89. The molecule has 0 aromatic heterocycles. The summed E-state index contributed by atoms with van der Waals surface area (Å²) in [6.45, 7) is 12.6. The minimum Gasteiger partial charge on any atom is -0.490 e. The predicted octanol–water partition coefficient (Wildman–Crippen LogP) is 5.41. The van der Waals surface area contributed by atoms with Crippen LogP contribution in [0, 0.1) is 11.2 Å². The van der Waals surface area contributed by atoms with E-state index in [-0.39, 0.29) is 60.8 Å². The van der Waals surface area contributed by atoms with Crippen LogP contribution in [-0.2, 0) is 32.9 Å². The van der Waals surface area contributed by atoms with Crippen molar-refractivity contribution >= 4 is 29.5 Å². The fraction of sp³-hybridized carbons (Fsp3) is 0.485. The van der Waals surface area contributed by atoms with Gasteiger partial charge in [-0.2, -0.15) is 13.2 Å². The Morgan fingerprint density at radius 1 is 1.02 bits per heavy atom. The third-order valence-electron chi connectivity index (χ3n) is 7.23. The number of carboxylic acids is 2. The van der Waals surface area contributed by atoms with Gasteiger partial charge in [-0.1, -0.05) is 20.8 Å². The second-order valence-corrected chi connectivity index (χ2v) is 12.1. The van der Waals surface area contributed by atoms with Crippen molar-refractivity contribution in [3.05, 3.63) is 51.8 Å². The van der Waals surface area contributed by atoms with E-state index < -0.39 is 35.5 Å². The number of carbonyl (C=O) groups is 4. The third-order valence-corrected chi connectivity index (χ3v) is 7.23. The SMILES string of the molecule is CCOc1cc2c(c(F)c1OCC)C(=N)N(CC(=O)c1cc(CN(C)C(C)=O)c(OC(C)C(=O)O)c(C(C)(C)C)c1)C2.O=C(O)C(F)(F)F. The molecule has 0 spiro atoms. The molecule has 2 aromatic carbocycles. The largest absolute Gasteiger partial charge is 0.490 e. The van der Waals surface area contributed by atoms with E-state index in [4.69, 9.17) is 29.5 Å². The van der Waals surface area contributed by atoms with E-state index in [1.165, 1.54) is 23.6 Å². The average molecular weight is 700 g/mol. The molecule has 1 atom stereocenters. The highest BCUT2D eigenvalue weighted by Gasteiger charge is 2.38. The number of carbonyl (C=O) groups excluding carboxylic acids is 2. The maximum absolute atomic E-state index is 15.5. The predicted molar refractivity (Wildman–Crippen MR) is 169 cm³/mol. The number of fused-ring (bicyclic) bond motifs is 1. The maximum Gasteiger partial charge on any atom is 0.490 e. The van der Waals surface area contributed by atoms with Crippen molar-refractivity contribution in [1.82, 2.24) is 9.80 Å². The zero-order valence-electron chi connectivity index (χ0n) is 28.5. The number of ether oxygens (including phenoxy) is 3. The summed E-state index contributed by atoms with van der Waals surface area (Å²) in [6, 6.07) is 4.90. The summed E-state index contributed by atoms with van der Waals surface area (Å²) >= 11 is 0. The van der Waals surface area contributed by atoms with E-state index in [1.807, 2.05) is 20.8 Å². The summed E-state index contributed by atoms with van der Waals surface area (Å²) in [5.74, 6) is -4.81. The van der Waals surface area contributed by atoms with Crippen LogP contribution in [0.5, 0.6) is 17.2 Å². The van der Waals surface area contributed by atoms with Crippen LogP contribution in [0.1, 0.15) is 81.1 Å². The van der Waals surface area contributed by atoms with Crippen molar-refractivity contribution in [2.24, 2.45) is 0 Å². The van der Waals surface area contributed by atoms with Gasteiger partial charge in [-0.05, 0) is 49.9 Å². The minimum absolute atomic E-state index is 0.0590. The van der Waals surface area contributed by atoms with Crippen LogP contribution in [0.15, 0.2) is 18.2 Å². The molecule has 0 bridgehead atoms. The Labute approximate surface area is 281 Å². The molecule has 1 aliphatic rings. The summed E-state index contributed by atoms with van der Waals surface area (Å²) in [6.07, 6.45) is -6.25. The van der Waals surface area contributed by atoms with Gasteiger partial charge in [0.05, 0.1) is 25.3 Å². The molecular formula is C33H41F4N3O9. The number of hydrogen-bond acceptors (Lipinski definition) is 8. The van der Waals surface area contributed by atoms with Crippen LogP contribution in [-0.4, -0.2) is 88.6 Å². The molecule has 270 valence electrons. The highest BCUT2D eigenvalue weighted by atomic mass is 19.4. The number of alkyl halides is 3. The lowest BCUT2D eigenvalue weighted by molar-refractivity contribution is -0.192. The Balaban J connectivity index is 0.00000107. The van der Waals surface area contributed by atoms with Crippen LogP contribution >= 0.6 is 0 Å². The molecule has 0 aliphatic carbocycles. The lowest BCUT2D eigenvalue weighted by Gasteiger charge is -2.28. The number of carboxylic acid groups (broad SMARTS) is 2. The maximum atomic E-state index is 15.5.